The van der Waals surface area contributed by atoms with Gasteiger partial charge in [-0.2, -0.15) is 0 Å². The van der Waals surface area contributed by atoms with E-state index < -0.39 is 4.92 Å². The van der Waals surface area contributed by atoms with Crippen molar-refractivity contribution in [3.8, 4) is 0 Å². The van der Waals surface area contributed by atoms with Crippen LogP contribution in [0.1, 0.15) is 40.4 Å². The Kier molecular flexibility index (Phi) is 4.89. The van der Waals surface area contributed by atoms with E-state index in [1.807, 2.05) is 6.08 Å². The maximum Gasteiger partial charge on any atom is 0.433 e. The summed E-state index contributed by atoms with van der Waals surface area (Å²) in [5, 5.41) is 14.0. The molecule has 0 saturated heterocycles. The van der Waals surface area contributed by atoms with E-state index in [2.05, 4.69) is 39.9 Å². The lowest BCUT2D eigenvalue weighted by molar-refractivity contribution is -0.402. The highest BCUT2D eigenvalue weighted by Crippen LogP contribution is 2.20. The van der Waals surface area contributed by atoms with Crippen molar-refractivity contribution in [1.82, 2.24) is 5.32 Å². The summed E-state index contributed by atoms with van der Waals surface area (Å²) < 4.78 is 5.15. The summed E-state index contributed by atoms with van der Waals surface area (Å²) in [6.07, 6.45) is 1.87. The van der Waals surface area contributed by atoms with Crippen molar-refractivity contribution in [3.63, 3.8) is 0 Å². The van der Waals surface area contributed by atoms with Crippen LogP contribution in [0.3, 0.4) is 0 Å². The van der Waals surface area contributed by atoms with Gasteiger partial charge in [0, 0.05) is 12.1 Å². The Balaban J connectivity index is 2.85. The molecule has 0 spiro atoms. The van der Waals surface area contributed by atoms with Gasteiger partial charge in [-0.3, -0.25) is 10.1 Å². The molecular weight excluding hydrogens is 244 g/mol. The van der Waals surface area contributed by atoms with Gasteiger partial charge >= 0.3 is 5.88 Å². The number of nitro groups is 1. The molecule has 0 atom stereocenters. The summed E-state index contributed by atoms with van der Waals surface area (Å²) in [6, 6.07) is 3.00. The molecule has 1 aromatic rings. The van der Waals surface area contributed by atoms with Gasteiger partial charge in [0.1, 0.15) is 10.7 Å². The zero-order chi connectivity index (χ0) is 14.6. The van der Waals surface area contributed by atoms with E-state index in [9.17, 15) is 10.1 Å². The first-order valence-corrected chi connectivity index (χ1v) is 6.39. The molecule has 0 radical (unpaired) electrons. The summed E-state index contributed by atoms with van der Waals surface area (Å²) in [6.45, 7) is 11.2. The van der Waals surface area contributed by atoms with Crippen LogP contribution in [0, 0.1) is 16.0 Å². The van der Waals surface area contributed by atoms with Gasteiger partial charge in [-0.25, -0.2) is 0 Å². The Bertz CT molecular complexity index is 467. The predicted molar refractivity (Wildman–Crippen MR) is 75.9 cm³/mol. The van der Waals surface area contributed by atoms with E-state index in [1.54, 1.807) is 6.07 Å². The van der Waals surface area contributed by atoms with Gasteiger partial charge in [-0.15, -0.1) is 0 Å². The Morgan fingerprint density at radius 2 is 2.11 bits per heavy atom. The molecule has 1 rings (SSSR count). The largest absolute Gasteiger partial charge is 0.433 e. The van der Waals surface area contributed by atoms with E-state index in [-0.39, 0.29) is 11.4 Å². The molecule has 106 valence electrons. The molecule has 0 unspecified atom stereocenters. The fraction of sp³-hybridized carbons (Fsp3) is 0.571. The van der Waals surface area contributed by atoms with Gasteiger partial charge in [0.2, 0.25) is 0 Å². The van der Waals surface area contributed by atoms with Crippen LogP contribution < -0.4 is 5.32 Å². The molecule has 0 aliphatic rings. The predicted octanol–water partition coefficient (Wildman–Crippen LogP) is 3.62. The minimum Gasteiger partial charge on any atom is -0.401 e. The first-order chi connectivity index (χ1) is 8.69. The van der Waals surface area contributed by atoms with Crippen molar-refractivity contribution >= 4 is 12.0 Å². The highest BCUT2D eigenvalue weighted by atomic mass is 16.6. The maximum atomic E-state index is 10.6. The third-order valence-electron chi connectivity index (χ3n) is 2.68. The third-order valence-corrected chi connectivity index (χ3v) is 2.68. The van der Waals surface area contributed by atoms with Crippen LogP contribution in [0.2, 0.25) is 0 Å². The molecule has 5 nitrogen and oxygen atoms in total. The number of hydrogen-bond donors (Lipinski definition) is 1. The first-order valence-electron chi connectivity index (χ1n) is 6.39. The van der Waals surface area contributed by atoms with Crippen LogP contribution in [0.5, 0.6) is 0 Å². The quantitative estimate of drug-likeness (QED) is 0.653. The van der Waals surface area contributed by atoms with Crippen molar-refractivity contribution in [1.29, 1.82) is 0 Å². The van der Waals surface area contributed by atoms with Gasteiger partial charge in [-0.1, -0.05) is 19.4 Å². The lowest BCUT2D eigenvalue weighted by Crippen LogP contribution is -2.37. The van der Waals surface area contributed by atoms with Crippen molar-refractivity contribution in [2.24, 2.45) is 5.92 Å². The van der Waals surface area contributed by atoms with E-state index in [0.717, 1.165) is 12.1 Å². The number of hydrogen-bond acceptors (Lipinski definition) is 4. The summed E-state index contributed by atoms with van der Waals surface area (Å²) >= 11 is 0. The smallest absolute Gasteiger partial charge is 0.401 e. The zero-order valence-electron chi connectivity index (χ0n) is 12.2. The molecule has 0 saturated carbocycles. The van der Waals surface area contributed by atoms with Crippen molar-refractivity contribution in [2.75, 3.05) is 6.54 Å². The highest BCUT2D eigenvalue weighted by Gasteiger charge is 2.14. The monoisotopic (exact) mass is 266 g/mol. The Morgan fingerprint density at radius 3 is 2.53 bits per heavy atom. The molecule has 0 amide bonds. The van der Waals surface area contributed by atoms with Crippen molar-refractivity contribution in [2.45, 2.75) is 40.2 Å². The zero-order valence-corrected chi connectivity index (χ0v) is 12.2. The van der Waals surface area contributed by atoms with Gasteiger partial charge < -0.3 is 9.73 Å². The average molecular weight is 266 g/mol. The van der Waals surface area contributed by atoms with Crippen LogP contribution in [0.25, 0.3) is 6.08 Å². The van der Waals surface area contributed by atoms with E-state index in [4.69, 9.17) is 4.42 Å². The normalized spacial score (nSPS) is 13.1. The van der Waals surface area contributed by atoms with Gasteiger partial charge in [0.15, 0.2) is 0 Å². The molecule has 19 heavy (non-hydrogen) atoms. The highest BCUT2D eigenvalue weighted by molar-refractivity contribution is 5.50. The number of furan rings is 1. The lowest BCUT2D eigenvalue weighted by Gasteiger charge is -2.23. The second-order valence-electron chi connectivity index (χ2n) is 5.91. The third kappa shape index (κ3) is 5.26. The minimum absolute atomic E-state index is 0.0309. The summed E-state index contributed by atoms with van der Waals surface area (Å²) in [4.78, 5) is 10.0. The minimum atomic E-state index is -0.528. The summed E-state index contributed by atoms with van der Waals surface area (Å²) in [5.74, 6) is 0.642. The Hall–Kier alpha value is -1.62. The molecule has 0 fully saturated rings. The second-order valence-corrected chi connectivity index (χ2v) is 5.91. The van der Waals surface area contributed by atoms with Crippen LogP contribution in [-0.2, 0) is 0 Å². The second kappa shape index (κ2) is 6.02. The van der Waals surface area contributed by atoms with Crippen LogP contribution in [-0.4, -0.2) is 17.0 Å². The molecule has 1 N–H and O–H groups in total. The lowest BCUT2D eigenvalue weighted by atomic mass is 10.0. The number of nitrogens with zero attached hydrogens (tertiary/aromatic N) is 1. The summed E-state index contributed by atoms with van der Waals surface area (Å²) in [5.41, 5.74) is 1.18. The SMILES string of the molecule is CC(C)C(=Cc1ccc([N+](=O)[O-])o1)CNC(C)(C)C. The first kappa shape index (κ1) is 15.4. The topological polar surface area (TPSA) is 68.3 Å². The fourth-order valence-electron chi connectivity index (χ4n) is 1.49. The molecule has 0 aliphatic carbocycles. The van der Waals surface area contributed by atoms with E-state index in [0.29, 0.717) is 11.7 Å². The van der Waals surface area contributed by atoms with Gasteiger partial charge in [0.25, 0.3) is 0 Å². The summed E-state index contributed by atoms with van der Waals surface area (Å²) in [7, 11) is 0. The number of rotatable bonds is 5. The molecule has 0 aliphatic heterocycles. The standard InChI is InChI=1S/C14H22N2O3/c1-10(2)11(9-15-14(3,4)5)8-12-6-7-13(19-12)16(17)18/h6-8,10,15H,9H2,1-5H3. The van der Waals surface area contributed by atoms with Crippen LogP contribution in [0.15, 0.2) is 22.1 Å². The molecule has 1 aromatic heterocycles. The maximum absolute atomic E-state index is 10.6. The van der Waals surface area contributed by atoms with Crippen LogP contribution >= 0.6 is 0 Å². The number of nitrogens with one attached hydrogen (secondary N) is 1. The average Bonchev–Trinajstić information content (AvgIpc) is 2.70. The molecule has 5 heteroatoms. The van der Waals surface area contributed by atoms with Crippen molar-refractivity contribution in [3.05, 3.63) is 33.6 Å². The molecular formula is C14H22N2O3. The fourth-order valence-corrected chi connectivity index (χ4v) is 1.49. The Labute approximate surface area is 113 Å². The van der Waals surface area contributed by atoms with Crippen molar-refractivity contribution < 1.29 is 9.34 Å². The Morgan fingerprint density at radius 1 is 1.47 bits per heavy atom. The van der Waals surface area contributed by atoms with Crippen LogP contribution in [0.4, 0.5) is 5.88 Å². The molecule has 0 aromatic carbocycles. The molecule has 0 bridgehead atoms. The van der Waals surface area contributed by atoms with Gasteiger partial charge in [0.05, 0.1) is 6.07 Å². The van der Waals surface area contributed by atoms with E-state index >= 15 is 0 Å². The molecule has 1 heterocycles. The van der Waals surface area contributed by atoms with E-state index in [1.165, 1.54) is 6.07 Å². The van der Waals surface area contributed by atoms with Gasteiger partial charge in [-0.05, 0) is 38.8 Å².